The third-order valence-corrected chi connectivity index (χ3v) is 6.57. The molecule has 8 heteroatoms. The van der Waals surface area contributed by atoms with Crippen molar-refractivity contribution < 1.29 is 14.3 Å². The summed E-state index contributed by atoms with van der Waals surface area (Å²) in [6.45, 7) is 5.75. The molecule has 4 rings (SSSR count). The summed E-state index contributed by atoms with van der Waals surface area (Å²) < 4.78 is 10.6. The van der Waals surface area contributed by atoms with Gasteiger partial charge in [-0.1, -0.05) is 0 Å². The smallest absolute Gasteiger partial charge is 0.231 e. The number of aromatic nitrogens is 2. The number of carbonyl (C=O) groups excluding carboxylic acids is 1. The first-order valence-corrected chi connectivity index (χ1v) is 10.9. The van der Waals surface area contributed by atoms with Crippen molar-refractivity contribution in [3.05, 3.63) is 6.07 Å². The molecule has 4 heterocycles. The Morgan fingerprint density at radius 3 is 2.21 bits per heavy atom. The van der Waals surface area contributed by atoms with Crippen LogP contribution >= 0.6 is 0 Å². The molecule has 0 radical (unpaired) electrons. The van der Waals surface area contributed by atoms with Crippen molar-refractivity contribution in [1.82, 2.24) is 19.8 Å². The number of anilines is 1. The highest BCUT2D eigenvalue weighted by molar-refractivity contribution is 5.79. The zero-order chi connectivity index (χ0) is 20.2. The van der Waals surface area contributed by atoms with Gasteiger partial charge in [0.25, 0.3) is 0 Å². The van der Waals surface area contributed by atoms with E-state index in [1.165, 1.54) is 0 Å². The standard InChI is InChI=1S/C21H33N5O3/c1-28-18-14-19(29-2)23-21(22-18)25-12-7-17(8-13-25)26-11-5-6-16(15-26)20(27)24-9-3-4-10-24/h14,16-17H,3-13,15H2,1-2H3. The summed E-state index contributed by atoms with van der Waals surface area (Å²) in [6.07, 6.45) is 6.62. The first-order valence-electron chi connectivity index (χ1n) is 10.9. The third kappa shape index (κ3) is 4.57. The molecule has 1 atom stereocenters. The van der Waals surface area contributed by atoms with E-state index < -0.39 is 0 Å². The summed E-state index contributed by atoms with van der Waals surface area (Å²) in [6, 6.07) is 2.23. The summed E-state index contributed by atoms with van der Waals surface area (Å²) in [5.41, 5.74) is 0. The minimum atomic E-state index is 0.186. The van der Waals surface area contributed by atoms with Gasteiger partial charge in [-0.05, 0) is 45.1 Å². The number of carbonyl (C=O) groups is 1. The van der Waals surface area contributed by atoms with Crippen LogP contribution in [-0.2, 0) is 4.79 Å². The second-order valence-electron chi connectivity index (χ2n) is 8.34. The van der Waals surface area contributed by atoms with Gasteiger partial charge in [-0.25, -0.2) is 0 Å². The Labute approximate surface area is 173 Å². The number of rotatable bonds is 5. The Kier molecular flexibility index (Phi) is 6.37. The molecule has 3 aliphatic heterocycles. The molecule has 3 saturated heterocycles. The summed E-state index contributed by atoms with van der Waals surface area (Å²) in [7, 11) is 3.21. The topological polar surface area (TPSA) is 71.0 Å². The first-order chi connectivity index (χ1) is 14.2. The molecular weight excluding hydrogens is 370 g/mol. The fourth-order valence-electron chi connectivity index (χ4n) is 4.91. The summed E-state index contributed by atoms with van der Waals surface area (Å²) in [4.78, 5) is 28.7. The molecule has 0 aromatic carbocycles. The Morgan fingerprint density at radius 1 is 0.931 bits per heavy atom. The van der Waals surface area contributed by atoms with Crippen LogP contribution in [-0.4, -0.2) is 85.2 Å². The van der Waals surface area contributed by atoms with Gasteiger partial charge in [0.2, 0.25) is 23.6 Å². The maximum absolute atomic E-state index is 12.8. The normalized spacial score (nSPS) is 24.0. The average Bonchev–Trinajstić information content (AvgIpc) is 3.33. The minimum Gasteiger partial charge on any atom is -0.481 e. The van der Waals surface area contributed by atoms with Crippen molar-refractivity contribution in [2.24, 2.45) is 5.92 Å². The highest BCUT2D eigenvalue weighted by Gasteiger charge is 2.34. The molecule has 1 aromatic heterocycles. The highest BCUT2D eigenvalue weighted by atomic mass is 16.5. The molecule has 1 amide bonds. The molecule has 3 aliphatic rings. The number of hydrogen-bond donors (Lipinski definition) is 0. The molecule has 0 spiro atoms. The molecule has 0 aliphatic carbocycles. The van der Waals surface area contributed by atoms with Gasteiger partial charge in [0.15, 0.2) is 0 Å². The predicted molar refractivity (Wildman–Crippen MR) is 110 cm³/mol. The van der Waals surface area contributed by atoms with Crippen LogP contribution in [0, 0.1) is 5.92 Å². The monoisotopic (exact) mass is 403 g/mol. The zero-order valence-corrected chi connectivity index (χ0v) is 17.7. The second-order valence-corrected chi connectivity index (χ2v) is 8.34. The van der Waals surface area contributed by atoms with Gasteiger partial charge < -0.3 is 19.3 Å². The van der Waals surface area contributed by atoms with E-state index in [0.717, 1.165) is 77.8 Å². The van der Waals surface area contributed by atoms with Crippen LogP contribution in [0.15, 0.2) is 6.07 Å². The van der Waals surface area contributed by atoms with Crippen LogP contribution in [0.2, 0.25) is 0 Å². The lowest BCUT2D eigenvalue weighted by atomic mass is 9.93. The van der Waals surface area contributed by atoms with E-state index in [1.54, 1.807) is 20.3 Å². The first kappa shape index (κ1) is 20.2. The average molecular weight is 404 g/mol. The molecule has 0 N–H and O–H groups in total. The van der Waals surface area contributed by atoms with Gasteiger partial charge in [-0.2, -0.15) is 9.97 Å². The number of likely N-dealkylation sites (tertiary alicyclic amines) is 2. The van der Waals surface area contributed by atoms with Crippen LogP contribution in [0.3, 0.4) is 0 Å². The van der Waals surface area contributed by atoms with Gasteiger partial charge in [0.05, 0.1) is 26.2 Å². The van der Waals surface area contributed by atoms with E-state index in [1.807, 2.05) is 0 Å². The molecule has 29 heavy (non-hydrogen) atoms. The fraction of sp³-hybridized carbons (Fsp3) is 0.762. The van der Waals surface area contributed by atoms with Gasteiger partial charge >= 0.3 is 0 Å². The van der Waals surface area contributed by atoms with Gasteiger partial charge in [0, 0.05) is 38.8 Å². The van der Waals surface area contributed by atoms with Crippen molar-refractivity contribution in [1.29, 1.82) is 0 Å². The molecule has 0 bridgehead atoms. The van der Waals surface area contributed by atoms with E-state index in [0.29, 0.717) is 29.7 Å². The van der Waals surface area contributed by atoms with E-state index in [-0.39, 0.29) is 5.92 Å². The molecule has 1 aromatic rings. The van der Waals surface area contributed by atoms with Crippen LogP contribution in [0.5, 0.6) is 11.8 Å². The van der Waals surface area contributed by atoms with Crippen LogP contribution in [0.1, 0.15) is 38.5 Å². The lowest BCUT2D eigenvalue weighted by Gasteiger charge is -2.42. The molecular formula is C21H33N5O3. The minimum absolute atomic E-state index is 0.186. The lowest BCUT2D eigenvalue weighted by molar-refractivity contribution is -0.136. The molecule has 8 nitrogen and oxygen atoms in total. The zero-order valence-electron chi connectivity index (χ0n) is 17.7. The van der Waals surface area contributed by atoms with Crippen LogP contribution in [0.25, 0.3) is 0 Å². The number of amides is 1. The second kappa shape index (κ2) is 9.15. The van der Waals surface area contributed by atoms with Crippen molar-refractivity contribution >= 4 is 11.9 Å². The Morgan fingerprint density at radius 2 is 1.59 bits per heavy atom. The maximum atomic E-state index is 12.8. The lowest BCUT2D eigenvalue weighted by Crippen LogP contribution is -2.51. The van der Waals surface area contributed by atoms with E-state index >= 15 is 0 Å². The SMILES string of the molecule is COc1cc(OC)nc(N2CCC(N3CCCC(C(=O)N4CCCC4)C3)CC2)n1. The van der Waals surface area contributed by atoms with Crippen LogP contribution < -0.4 is 14.4 Å². The number of ether oxygens (including phenoxy) is 2. The van der Waals surface area contributed by atoms with E-state index in [4.69, 9.17) is 9.47 Å². The van der Waals surface area contributed by atoms with Gasteiger partial charge in [-0.3, -0.25) is 9.69 Å². The van der Waals surface area contributed by atoms with Gasteiger partial charge in [-0.15, -0.1) is 0 Å². The largest absolute Gasteiger partial charge is 0.481 e. The van der Waals surface area contributed by atoms with Crippen molar-refractivity contribution in [3.8, 4) is 11.8 Å². The molecule has 3 fully saturated rings. The van der Waals surface area contributed by atoms with Crippen molar-refractivity contribution in [2.75, 3.05) is 58.4 Å². The molecule has 0 saturated carbocycles. The third-order valence-electron chi connectivity index (χ3n) is 6.57. The fourth-order valence-corrected chi connectivity index (χ4v) is 4.91. The summed E-state index contributed by atoms with van der Waals surface area (Å²) >= 11 is 0. The van der Waals surface area contributed by atoms with E-state index in [9.17, 15) is 4.79 Å². The van der Waals surface area contributed by atoms with Crippen molar-refractivity contribution in [3.63, 3.8) is 0 Å². The van der Waals surface area contributed by atoms with Crippen molar-refractivity contribution in [2.45, 2.75) is 44.6 Å². The maximum Gasteiger partial charge on any atom is 0.231 e. The Balaban J connectivity index is 1.34. The number of nitrogens with zero attached hydrogens (tertiary/aromatic N) is 5. The Bertz CT molecular complexity index is 679. The number of piperidine rings is 2. The molecule has 160 valence electrons. The van der Waals surface area contributed by atoms with E-state index in [2.05, 4.69) is 24.7 Å². The quantitative estimate of drug-likeness (QED) is 0.742. The number of methoxy groups -OCH3 is 2. The number of hydrogen-bond acceptors (Lipinski definition) is 7. The summed E-state index contributed by atoms with van der Waals surface area (Å²) in [5, 5.41) is 0. The molecule has 1 unspecified atom stereocenters. The highest BCUT2D eigenvalue weighted by Crippen LogP contribution is 2.28. The Hall–Kier alpha value is -2.09. The van der Waals surface area contributed by atoms with Crippen LogP contribution in [0.4, 0.5) is 5.95 Å². The predicted octanol–water partition coefficient (Wildman–Crippen LogP) is 1.80. The van der Waals surface area contributed by atoms with Gasteiger partial charge in [0.1, 0.15) is 0 Å². The summed E-state index contributed by atoms with van der Waals surface area (Å²) in [5.74, 6) is 2.29.